The Labute approximate surface area is 98.3 Å². The van der Waals surface area contributed by atoms with Crippen LogP contribution in [-0.4, -0.2) is 30.3 Å². The quantitative estimate of drug-likeness (QED) is 0.729. The summed E-state index contributed by atoms with van der Waals surface area (Å²) in [4.78, 5) is 14.4. The summed E-state index contributed by atoms with van der Waals surface area (Å²) in [7, 11) is 3.86. The van der Waals surface area contributed by atoms with Crippen molar-refractivity contribution >= 4 is 5.78 Å². The van der Waals surface area contributed by atoms with Gasteiger partial charge in [-0.1, -0.05) is 23.8 Å². The molecule has 0 unspecified atom stereocenters. The summed E-state index contributed by atoms with van der Waals surface area (Å²) in [6.07, 6.45) is 0. The van der Waals surface area contributed by atoms with E-state index in [-0.39, 0.29) is 5.78 Å². The Kier molecular flexibility index (Phi) is 3.54. The minimum atomic E-state index is -0.458. The standard InChI is InChI=1S/C14H21NO/c1-10-7-8-12(11(2)9-10)13(16)14(3,4)15(5)6/h7-9H,1-6H3. The molecular formula is C14H21NO. The van der Waals surface area contributed by atoms with Crippen molar-refractivity contribution < 1.29 is 4.79 Å². The Balaban J connectivity index is 3.15. The predicted octanol–water partition coefficient (Wildman–Crippen LogP) is 2.83. The fraction of sp³-hybridized carbons (Fsp3) is 0.500. The van der Waals surface area contributed by atoms with Crippen molar-refractivity contribution in [2.24, 2.45) is 0 Å². The molecule has 0 atom stereocenters. The molecule has 0 aliphatic carbocycles. The minimum absolute atomic E-state index is 0.176. The normalized spacial score (nSPS) is 11.9. The zero-order chi connectivity index (χ0) is 12.5. The van der Waals surface area contributed by atoms with Crippen molar-refractivity contribution in [3.05, 3.63) is 34.9 Å². The van der Waals surface area contributed by atoms with Gasteiger partial charge in [0.15, 0.2) is 5.78 Å². The summed E-state index contributed by atoms with van der Waals surface area (Å²) in [6, 6.07) is 5.98. The first kappa shape index (κ1) is 12.9. The van der Waals surface area contributed by atoms with E-state index in [4.69, 9.17) is 0 Å². The van der Waals surface area contributed by atoms with E-state index in [2.05, 4.69) is 6.07 Å². The molecule has 0 aliphatic heterocycles. The van der Waals surface area contributed by atoms with Gasteiger partial charge in [0.05, 0.1) is 5.54 Å². The Morgan fingerprint density at radius 2 is 1.75 bits per heavy atom. The molecule has 0 aliphatic rings. The van der Waals surface area contributed by atoms with Gasteiger partial charge in [0.2, 0.25) is 0 Å². The van der Waals surface area contributed by atoms with Crippen molar-refractivity contribution in [3.8, 4) is 0 Å². The first-order valence-electron chi connectivity index (χ1n) is 5.56. The van der Waals surface area contributed by atoms with E-state index in [1.54, 1.807) is 0 Å². The molecule has 2 nitrogen and oxygen atoms in total. The summed E-state index contributed by atoms with van der Waals surface area (Å²) >= 11 is 0. The number of carbonyl (C=O) groups excluding carboxylic acids is 1. The summed E-state index contributed by atoms with van der Waals surface area (Å²) in [6.45, 7) is 7.94. The van der Waals surface area contributed by atoms with Gasteiger partial charge in [0.1, 0.15) is 0 Å². The Morgan fingerprint density at radius 3 is 2.19 bits per heavy atom. The van der Waals surface area contributed by atoms with Crippen LogP contribution < -0.4 is 0 Å². The molecule has 16 heavy (non-hydrogen) atoms. The highest BCUT2D eigenvalue weighted by Crippen LogP contribution is 2.21. The van der Waals surface area contributed by atoms with Gasteiger partial charge in [-0.2, -0.15) is 0 Å². The van der Waals surface area contributed by atoms with E-state index in [9.17, 15) is 4.79 Å². The van der Waals surface area contributed by atoms with Crippen LogP contribution in [0.4, 0.5) is 0 Å². The second kappa shape index (κ2) is 4.38. The Morgan fingerprint density at radius 1 is 1.19 bits per heavy atom. The van der Waals surface area contributed by atoms with Gasteiger partial charge >= 0.3 is 0 Å². The fourth-order valence-corrected chi connectivity index (χ4v) is 1.60. The van der Waals surface area contributed by atoms with Crippen LogP contribution in [-0.2, 0) is 0 Å². The molecule has 0 aromatic heterocycles. The first-order valence-corrected chi connectivity index (χ1v) is 5.56. The molecule has 1 rings (SSSR count). The smallest absolute Gasteiger partial charge is 0.182 e. The third-order valence-corrected chi connectivity index (χ3v) is 3.30. The fourth-order valence-electron chi connectivity index (χ4n) is 1.60. The van der Waals surface area contributed by atoms with E-state index >= 15 is 0 Å². The van der Waals surface area contributed by atoms with Gasteiger partial charge in [-0.3, -0.25) is 9.69 Å². The van der Waals surface area contributed by atoms with Crippen molar-refractivity contribution in [1.29, 1.82) is 0 Å². The number of likely N-dealkylation sites (N-methyl/N-ethyl adjacent to an activating group) is 1. The van der Waals surface area contributed by atoms with E-state index in [0.29, 0.717) is 0 Å². The van der Waals surface area contributed by atoms with Crippen LogP contribution in [0.2, 0.25) is 0 Å². The van der Waals surface area contributed by atoms with Crippen LogP contribution in [0.1, 0.15) is 35.3 Å². The van der Waals surface area contributed by atoms with Crippen LogP contribution >= 0.6 is 0 Å². The summed E-state index contributed by atoms with van der Waals surface area (Å²) in [5, 5.41) is 0. The van der Waals surface area contributed by atoms with Crippen LogP contribution in [0.15, 0.2) is 18.2 Å². The number of carbonyl (C=O) groups is 1. The van der Waals surface area contributed by atoms with Crippen molar-refractivity contribution in [3.63, 3.8) is 0 Å². The molecule has 0 bridgehead atoms. The topological polar surface area (TPSA) is 20.3 Å². The van der Waals surface area contributed by atoms with Gasteiger partial charge in [-0.25, -0.2) is 0 Å². The molecule has 0 amide bonds. The molecule has 0 fully saturated rings. The Hall–Kier alpha value is -1.15. The van der Waals surface area contributed by atoms with Gasteiger partial charge in [-0.15, -0.1) is 0 Å². The maximum absolute atomic E-state index is 12.4. The number of hydrogen-bond acceptors (Lipinski definition) is 2. The number of benzene rings is 1. The predicted molar refractivity (Wildman–Crippen MR) is 68.0 cm³/mol. The summed E-state index contributed by atoms with van der Waals surface area (Å²) in [5.41, 5.74) is 2.61. The van der Waals surface area contributed by atoms with Crippen molar-refractivity contribution in [2.45, 2.75) is 33.2 Å². The lowest BCUT2D eigenvalue weighted by atomic mass is 9.89. The number of hydrogen-bond donors (Lipinski definition) is 0. The van der Waals surface area contributed by atoms with Crippen LogP contribution in [0.25, 0.3) is 0 Å². The summed E-state index contributed by atoms with van der Waals surface area (Å²) in [5.74, 6) is 0.176. The van der Waals surface area contributed by atoms with Crippen molar-refractivity contribution in [1.82, 2.24) is 4.90 Å². The molecule has 0 spiro atoms. The van der Waals surface area contributed by atoms with E-state index in [1.807, 2.05) is 58.8 Å². The molecule has 1 aromatic carbocycles. The highest BCUT2D eigenvalue weighted by atomic mass is 16.1. The number of nitrogens with zero attached hydrogens (tertiary/aromatic N) is 1. The third-order valence-electron chi connectivity index (χ3n) is 3.30. The molecule has 2 heteroatoms. The molecule has 88 valence electrons. The maximum atomic E-state index is 12.4. The minimum Gasteiger partial charge on any atom is -0.297 e. The number of rotatable bonds is 3. The lowest BCUT2D eigenvalue weighted by molar-refractivity contribution is 0.0755. The number of aryl methyl sites for hydroxylation is 2. The average molecular weight is 219 g/mol. The number of Topliss-reactive ketones (excluding diaryl/α,β-unsaturated/α-hetero) is 1. The zero-order valence-corrected chi connectivity index (χ0v) is 11.1. The first-order chi connectivity index (χ1) is 7.26. The molecular weight excluding hydrogens is 198 g/mol. The number of ketones is 1. The lowest BCUT2D eigenvalue weighted by Gasteiger charge is -2.31. The average Bonchev–Trinajstić information content (AvgIpc) is 2.16. The molecule has 0 saturated heterocycles. The largest absolute Gasteiger partial charge is 0.297 e. The van der Waals surface area contributed by atoms with Crippen molar-refractivity contribution in [2.75, 3.05) is 14.1 Å². The molecule has 0 saturated carbocycles. The van der Waals surface area contributed by atoms with Crippen LogP contribution in [0.5, 0.6) is 0 Å². The molecule has 0 N–H and O–H groups in total. The van der Waals surface area contributed by atoms with Gasteiger partial charge in [0, 0.05) is 5.56 Å². The monoisotopic (exact) mass is 219 g/mol. The van der Waals surface area contributed by atoms with Gasteiger partial charge in [-0.05, 0) is 47.4 Å². The summed E-state index contributed by atoms with van der Waals surface area (Å²) < 4.78 is 0. The van der Waals surface area contributed by atoms with E-state index in [1.165, 1.54) is 5.56 Å². The molecule has 0 radical (unpaired) electrons. The van der Waals surface area contributed by atoms with Gasteiger partial charge in [0.25, 0.3) is 0 Å². The van der Waals surface area contributed by atoms with Gasteiger partial charge < -0.3 is 0 Å². The van der Waals surface area contributed by atoms with E-state index < -0.39 is 5.54 Å². The molecule has 0 heterocycles. The van der Waals surface area contributed by atoms with Crippen LogP contribution in [0, 0.1) is 13.8 Å². The highest BCUT2D eigenvalue weighted by Gasteiger charge is 2.31. The Bertz CT molecular complexity index is 405. The second-order valence-corrected chi connectivity index (χ2v) is 5.10. The second-order valence-electron chi connectivity index (χ2n) is 5.10. The maximum Gasteiger partial charge on any atom is 0.182 e. The van der Waals surface area contributed by atoms with E-state index in [0.717, 1.165) is 11.1 Å². The SMILES string of the molecule is Cc1ccc(C(=O)C(C)(C)N(C)C)c(C)c1. The molecule has 1 aromatic rings. The lowest BCUT2D eigenvalue weighted by Crippen LogP contribution is -2.45. The highest BCUT2D eigenvalue weighted by molar-refractivity contribution is 6.03. The zero-order valence-electron chi connectivity index (χ0n) is 11.1. The van der Waals surface area contributed by atoms with Crippen LogP contribution in [0.3, 0.4) is 0 Å². The third kappa shape index (κ3) is 2.33.